The molecular weight excluding hydrogens is 120 g/mol. The van der Waals surface area contributed by atoms with Gasteiger partial charge in [-0.05, 0) is 6.92 Å². The maximum Gasteiger partial charge on any atom is 0.166 e. The average Bonchev–Trinajstić information content (AvgIpc) is 2.10. The van der Waals surface area contributed by atoms with Gasteiger partial charge in [0.1, 0.15) is 6.10 Å². The van der Waals surface area contributed by atoms with Gasteiger partial charge in [-0.1, -0.05) is 0 Å². The third-order valence-corrected chi connectivity index (χ3v) is 1.41. The summed E-state index contributed by atoms with van der Waals surface area (Å²) in [4.78, 5) is 10.7. The van der Waals surface area contributed by atoms with Gasteiger partial charge in [-0.3, -0.25) is 4.79 Å². The largest absolute Gasteiger partial charge is 0.393 e. The number of carbonyl (C=O) groups excluding carboxylic acids is 1. The van der Waals surface area contributed by atoms with E-state index in [2.05, 4.69) is 0 Å². The maximum absolute atomic E-state index is 10.7. The molecule has 0 bridgehead atoms. The lowest BCUT2D eigenvalue weighted by atomic mass is 10.2. The van der Waals surface area contributed by atoms with Crippen LogP contribution in [0.4, 0.5) is 0 Å². The molecule has 1 aliphatic heterocycles. The molecule has 1 heterocycles. The van der Waals surface area contributed by atoms with Crippen LogP contribution in [0.15, 0.2) is 0 Å². The van der Waals surface area contributed by atoms with Gasteiger partial charge in [-0.2, -0.15) is 0 Å². The molecule has 0 amide bonds. The van der Waals surface area contributed by atoms with Gasteiger partial charge in [0, 0.05) is 6.42 Å². The fourth-order valence-electron chi connectivity index (χ4n) is 0.964. The number of ether oxygens (including phenoxy) is 1. The highest BCUT2D eigenvalue weighted by Crippen LogP contribution is 2.14. The van der Waals surface area contributed by atoms with Crippen LogP contribution in [-0.4, -0.2) is 29.7 Å². The summed E-state index contributed by atoms with van der Waals surface area (Å²) in [6, 6.07) is 0. The Morgan fingerprint density at radius 3 is 2.78 bits per heavy atom. The van der Waals surface area contributed by atoms with Crippen molar-refractivity contribution in [3.63, 3.8) is 0 Å². The van der Waals surface area contributed by atoms with Crippen LogP contribution >= 0.6 is 0 Å². The molecule has 0 aromatic heterocycles. The molecule has 0 radical (unpaired) electrons. The predicted octanol–water partition coefficient (Wildman–Crippen LogP) is -0.275. The number of Topliss-reactive ketones (excluding diaryl/α,β-unsaturated/α-hetero) is 1. The summed E-state index contributed by atoms with van der Waals surface area (Å²) < 4.78 is 5.02. The molecule has 0 aromatic rings. The molecule has 0 saturated carbocycles. The molecule has 0 aliphatic carbocycles. The van der Waals surface area contributed by atoms with Crippen molar-refractivity contribution in [1.29, 1.82) is 0 Å². The Kier molecular flexibility index (Phi) is 1.83. The number of aliphatic hydroxyl groups excluding tert-OH is 1. The van der Waals surface area contributed by atoms with Crippen molar-refractivity contribution in [3.8, 4) is 0 Å². The van der Waals surface area contributed by atoms with E-state index in [1.807, 2.05) is 6.92 Å². The van der Waals surface area contributed by atoms with Crippen molar-refractivity contribution in [2.24, 2.45) is 0 Å². The summed E-state index contributed by atoms with van der Waals surface area (Å²) in [6.07, 6.45) is -0.0970. The minimum absolute atomic E-state index is 0.00495. The molecule has 0 unspecified atom stereocenters. The van der Waals surface area contributed by atoms with Gasteiger partial charge in [-0.15, -0.1) is 0 Å². The van der Waals surface area contributed by atoms with Crippen molar-refractivity contribution in [3.05, 3.63) is 0 Å². The first-order chi connectivity index (χ1) is 4.24. The van der Waals surface area contributed by atoms with Crippen LogP contribution in [0.25, 0.3) is 0 Å². The fourth-order valence-corrected chi connectivity index (χ4v) is 0.964. The molecule has 0 aromatic carbocycles. The van der Waals surface area contributed by atoms with Crippen molar-refractivity contribution in [2.45, 2.75) is 25.6 Å². The minimum atomic E-state index is -0.542. The van der Waals surface area contributed by atoms with E-state index in [-0.39, 0.29) is 18.5 Å². The highest BCUT2D eigenvalue weighted by Gasteiger charge is 2.29. The lowest BCUT2D eigenvalue weighted by Crippen LogP contribution is -2.19. The van der Waals surface area contributed by atoms with E-state index in [1.54, 1.807) is 0 Å². The highest BCUT2D eigenvalue weighted by molar-refractivity contribution is 5.85. The second-order valence-electron chi connectivity index (χ2n) is 2.29. The van der Waals surface area contributed by atoms with E-state index in [9.17, 15) is 4.79 Å². The summed E-state index contributed by atoms with van der Waals surface area (Å²) in [6.45, 7) is 1.65. The number of hydrogen-bond donors (Lipinski definition) is 1. The second kappa shape index (κ2) is 2.45. The van der Waals surface area contributed by atoms with Crippen LogP contribution in [0.5, 0.6) is 0 Å². The quantitative estimate of drug-likeness (QED) is 0.531. The van der Waals surface area contributed by atoms with Crippen LogP contribution in [0.2, 0.25) is 0 Å². The minimum Gasteiger partial charge on any atom is -0.393 e. The molecule has 9 heavy (non-hydrogen) atoms. The fraction of sp³-hybridized carbons (Fsp3) is 0.833. The molecule has 1 rings (SSSR count). The molecule has 1 aliphatic rings. The van der Waals surface area contributed by atoms with Gasteiger partial charge in [0.2, 0.25) is 0 Å². The third kappa shape index (κ3) is 1.28. The van der Waals surface area contributed by atoms with E-state index < -0.39 is 6.10 Å². The molecule has 1 fully saturated rings. The molecule has 1 saturated heterocycles. The van der Waals surface area contributed by atoms with Gasteiger partial charge in [0.25, 0.3) is 0 Å². The number of ketones is 1. The zero-order chi connectivity index (χ0) is 6.85. The van der Waals surface area contributed by atoms with Gasteiger partial charge in [0.05, 0.1) is 12.7 Å². The Morgan fingerprint density at radius 1 is 1.89 bits per heavy atom. The van der Waals surface area contributed by atoms with E-state index >= 15 is 0 Å². The van der Waals surface area contributed by atoms with Crippen LogP contribution < -0.4 is 0 Å². The average molecular weight is 130 g/mol. The van der Waals surface area contributed by atoms with Crippen LogP contribution in [0.3, 0.4) is 0 Å². The highest BCUT2D eigenvalue weighted by atomic mass is 16.5. The predicted molar refractivity (Wildman–Crippen MR) is 31.0 cm³/mol. The summed E-state index contributed by atoms with van der Waals surface area (Å²) in [5.74, 6) is 0.0185. The molecule has 3 heteroatoms. The van der Waals surface area contributed by atoms with Crippen molar-refractivity contribution < 1.29 is 14.6 Å². The summed E-state index contributed by atoms with van der Waals surface area (Å²) in [5, 5.41) is 8.51. The van der Waals surface area contributed by atoms with Crippen LogP contribution in [0.1, 0.15) is 13.3 Å². The Bertz CT molecular complexity index is 121. The smallest absolute Gasteiger partial charge is 0.166 e. The molecule has 1 N–H and O–H groups in total. The number of hydrogen-bond acceptors (Lipinski definition) is 3. The monoisotopic (exact) mass is 130 g/mol. The van der Waals surface area contributed by atoms with Gasteiger partial charge < -0.3 is 9.84 Å². The molecular formula is C6H10O3. The van der Waals surface area contributed by atoms with Crippen molar-refractivity contribution in [2.75, 3.05) is 6.61 Å². The van der Waals surface area contributed by atoms with Gasteiger partial charge >= 0.3 is 0 Å². The Hall–Kier alpha value is -0.410. The van der Waals surface area contributed by atoms with Crippen molar-refractivity contribution in [1.82, 2.24) is 0 Å². The Labute approximate surface area is 53.6 Å². The Morgan fingerprint density at radius 2 is 2.56 bits per heavy atom. The third-order valence-electron chi connectivity index (χ3n) is 1.41. The van der Waals surface area contributed by atoms with Crippen LogP contribution in [0, 0.1) is 0 Å². The van der Waals surface area contributed by atoms with Crippen LogP contribution in [-0.2, 0) is 9.53 Å². The van der Waals surface area contributed by atoms with Gasteiger partial charge in [-0.25, -0.2) is 0 Å². The number of rotatable bonds is 1. The van der Waals surface area contributed by atoms with Crippen molar-refractivity contribution >= 4 is 5.78 Å². The first-order valence-corrected chi connectivity index (χ1v) is 3.03. The van der Waals surface area contributed by atoms with Gasteiger partial charge in [0.15, 0.2) is 5.78 Å². The standard InChI is InChI=1S/C6H10O3/c1-4-2-5(8)6(3-7)9-4/h4,6-7H,2-3H2,1H3/t4-,6+/m0/s1. The number of carbonyl (C=O) groups is 1. The lowest BCUT2D eigenvalue weighted by Gasteiger charge is -2.03. The van der Waals surface area contributed by atoms with E-state index in [4.69, 9.17) is 9.84 Å². The zero-order valence-corrected chi connectivity index (χ0v) is 5.33. The normalized spacial score (nSPS) is 35.6. The molecule has 52 valence electrons. The lowest BCUT2D eigenvalue weighted by molar-refractivity contribution is -0.124. The first-order valence-electron chi connectivity index (χ1n) is 3.03. The molecule has 0 spiro atoms. The summed E-state index contributed by atoms with van der Waals surface area (Å²) in [7, 11) is 0. The van der Waals surface area contributed by atoms with E-state index in [0.29, 0.717) is 6.42 Å². The van der Waals surface area contributed by atoms with E-state index in [1.165, 1.54) is 0 Å². The maximum atomic E-state index is 10.7. The number of aliphatic hydroxyl groups is 1. The zero-order valence-electron chi connectivity index (χ0n) is 5.33. The second-order valence-corrected chi connectivity index (χ2v) is 2.29. The summed E-state index contributed by atoms with van der Waals surface area (Å²) in [5.41, 5.74) is 0. The topological polar surface area (TPSA) is 46.5 Å². The first kappa shape index (κ1) is 6.71. The van der Waals surface area contributed by atoms with E-state index in [0.717, 1.165) is 0 Å². The molecule has 3 nitrogen and oxygen atoms in total. The molecule has 2 atom stereocenters. The summed E-state index contributed by atoms with van der Waals surface area (Å²) >= 11 is 0. The SMILES string of the molecule is C[C@H]1CC(=O)[C@@H](CO)O1. The Balaban J connectivity index is 2.48.